The second-order valence-corrected chi connectivity index (χ2v) is 6.46. The van der Waals surface area contributed by atoms with E-state index in [1.165, 1.54) is 12.8 Å². The maximum absolute atomic E-state index is 12.4. The maximum Gasteiger partial charge on any atom is 0.228 e. The first kappa shape index (κ1) is 13.5. The van der Waals surface area contributed by atoms with Gasteiger partial charge in [0.1, 0.15) is 0 Å². The van der Waals surface area contributed by atoms with E-state index in [9.17, 15) is 4.79 Å². The van der Waals surface area contributed by atoms with Gasteiger partial charge >= 0.3 is 0 Å². The van der Waals surface area contributed by atoms with Crippen molar-refractivity contribution in [2.24, 2.45) is 17.3 Å². The summed E-state index contributed by atoms with van der Waals surface area (Å²) in [4.78, 5) is 14.5. The van der Waals surface area contributed by atoms with E-state index in [1.807, 2.05) is 0 Å². The van der Waals surface area contributed by atoms with Crippen LogP contribution in [0, 0.1) is 17.3 Å². The molecule has 2 heteroatoms. The highest BCUT2D eigenvalue weighted by Gasteiger charge is 2.33. The van der Waals surface area contributed by atoms with Gasteiger partial charge in [-0.2, -0.15) is 0 Å². The fraction of sp³-hybridized carbons (Fsp3) is 0.929. The van der Waals surface area contributed by atoms with Crippen LogP contribution in [0.5, 0.6) is 0 Å². The molecule has 0 unspecified atom stereocenters. The van der Waals surface area contributed by atoms with Crippen molar-refractivity contribution >= 4 is 5.91 Å². The van der Waals surface area contributed by atoms with Crippen molar-refractivity contribution in [3.05, 3.63) is 0 Å². The van der Waals surface area contributed by atoms with Crippen LogP contribution in [0.25, 0.3) is 0 Å². The summed E-state index contributed by atoms with van der Waals surface area (Å²) in [6.45, 7) is 12.8. The Bertz CT molecular complexity index is 237. The lowest BCUT2D eigenvalue weighted by Gasteiger charge is -2.36. The molecule has 0 saturated carbocycles. The normalized spacial score (nSPS) is 19.2. The summed E-state index contributed by atoms with van der Waals surface area (Å²) in [7, 11) is 0. The fourth-order valence-electron chi connectivity index (χ4n) is 2.75. The number of carbonyl (C=O) groups excluding carboxylic acids is 1. The summed E-state index contributed by atoms with van der Waals surface area (Å²) in [6, 6.07) is 0. The first-order valence-corrected chi connectivity index (χ1v) is 6.62. The van der Waals surface area contributed by atoms with Gasteiger partial charge in [-0.3, -0.25) is 4.79 Å². The molecular weight excluding hydrogens is 198 g/mol. The van der Waals surface area contributed by atoms with Crippen molar-refractivity contribution in [1.82, 2.24) is 4.90 Å². The van der Waals surface area contributed by atoms with Gasteiger partial charge in [-0.15, -0.1) is 0 Å². The highest BCUT2D eigenvalue weighted by Crippen LogP contribution is 2.29. The Balaban J connectivity index is 2.56. The first-order valence-electron chi connectivity index (χ1n) is 6.62. The van der Waals surface area contributed by atoms with Crippen LogP contribution in [-0.4, -0.2) is 23.9 Å². The molecule has 1 amide bonds. The molecule has 0 aromatic rings. The predicted molar refractivity (Wildman–Crippen MR) is 68.2 cm³/mol. The molecule has 1 aliphatic heterocycles. The van der Waals surface area contributed by atoms with Gasteiger partial charge in [0.05, 0.1) is 0 Å². The third-order valence-corrected chi connectivity index (χ3v) is 3.57. The molecule has 0 spiro atoms. The fourth-order valence-corrected chi connectivity index (χ4v) is 2.75. The predicted octanol–water partition coefficient (Wildman–Crippen LogP) is 3.32. The second-order valence-electron chi connectivity index (χ2n) is 6.46. The minimum atomic E-state index is -0.186. The van der Waals surface area contributed by atoms with Gasteiger partial charge in [-0.05, 0) is 31.1 Å². The molecule has 1 saturated heterocycles. The summed E-state index contributed by atoms with van der Waals surface area (Å²) >= 11 is 0. The Hall–Kier alpha value is -0.530. The van der Waals surface area contributed by atoms with Crippen molar-refractivity contribution in [3.8, 4) is 0 Å². The average molecular weight is 225 g/mol. The summed E-state index contributed by atoms with van der Waals surface area (Å²) < 4.78 is 0. The minimum absolute atomic E-state index is 0.186. The van der Waals surface area contributed by atoms with Crippen molar-refractivity contribution in [3.63, 3.8) is 0 Å². The molecule has 0 aliphatic carbocycles. The maximum atomic E-state index is 12.4. The molecule has 1 heterocycles. The SMILES string of the molecule is CC(C)CC(C)(C)C(=O)N1CCC(C)CC1. The molecular formula is C14H27NO. The number of nitrogens with zero attached hydrogens (tertiary/aromatic N) is 1. The van der Waals surface area contributed by atoms with Crippen LogP contribution in [0.3, 0.4) is 0 Å². The molecule has 16 heavy (non-hydrogen) atoms. The van der Waals surface area contributed by atoms with Crippen LogP contribution in [0.2, 0.25) is 0 Å². The van der Waals surface area contributed by atoms with Crippen LogP contribution >= 0.6 is 0 Å². The Morgan fingerprint density at radius 3 is 2.25 bits per heavy atom. The second kappa shape index (κ2) is 5.20. The number of hydrogen-bond donors (Lipinski definition) is 0. The van der Waals surface area contributed by atoms with Gasteiger partial charge < -0.3 is 4.90 Å². The lowest BCUT2D eigenvalue weighted by atomic mass is 9.82. The largest absolute Gasteiger partial charge is 0.342 e. The van der Waals surface area contributed by atoms with Crippen molar-refractivity contribution in [2.75, 3.05) is 13.1 Å². The quantitative estimate of drug-likeness (QED) is 0.721. The number of hydrogen-bond acceptors (Lipinski definition) is 1. The molecule has 94 valence electrons. The van der Waals surface area contributed by atoms with Crippen LogP contribution < -0.4 is 0 Å². The molecule has 0 N–H and O–H groups in total. The number of likely N-dealkylation sites (tertiary alicyclic amines) is 1. The van der Waals surface area contributed by atoms with E-state index in [-0.39, 0.29) is 5.41 Å². The Labute approximate surface area is 100 Å². The summed E-state index contributed by atoms with van der Waals surface area (Å²) in [5.41, 5.74) is -0.186. The lowest BCUT2D eigenvalue weighted by Crippen LogP contribution is -2.45. The minimum Gasteiger partial charge on any atom is -0.342 e. The zero-order valence-electron chi connectivity index (χ0n) is 11.5. The standard InChI is InChI=1S/C14H27NO/c1-11(2)10-14(4,5)13(16)15-8-6-12(3)7-9-15/h11-12H,6-10H2,1-5H3. The molecule has 0 atom stereocenters. The molecule has 2 nitrogen and oxygen atoms in total. The summed E-state index contributed by atoms with van der Waals surface area (Å²) in [6.07, 6.45) is 3.32. The third-order valence-electron chi connectivity index (χ3n) is 3.57. The van der Waals surface area contributed by atoms with Crippen molar-refractivity contribution in [2.45, 2.75) is 53.9 Å². The molecule has 0 bridgehead atoms. The number of rotatable bonds is 3. The van der Waals surface area contributed by atoms with E-state index in [1.54, 1.807) is 0 Å². The molecule has 1 rings (SSSR count). The van der Waals surface area contributed by atoms with E-state index < -0.39 is 0 Å². The molecule has 1 fully saturated rings. The molecule has 0 aromatic heterocycles. The van der Waals surface area contributed by atoms with Gasteiger partial charge in [0.25, 0.3) is 0 Å². The molecule has 0 aromatic carbocycles. The van der Waals surface area contributed by atoms with Gasteiger partial charge in [-0.1, -0.05) is 34.6 Å². The zero-order chi connectivity index (χ0) is 12.3. The lowest BCUT2D eigenvalue weighted by molar-refractivity contribution is -0.142. The van der Waals surface area contributed by atoms with Crippen LogP contribution in [-0.2, 0) is 4.79 Å². The first-order chi connectivity index (χ1) is 7.33. The zero-order valence-corrected chi connectivity index (χ0v) is 11.5. The van der Waals surface area contributed by atoms with E-state index in [4.69, 9.17) is 0 Å². The van der Waals surface area contributed by atoms with E-state index in [0.717, 1.165) is 25.4 Å². The number of amides is 1. The molecule has 1 aliphatic rings. The number of piperidine rings is 1. The third kappa shape index (κ3) is 3.50. The highest BCUT2D eigenvalue weighted by atomic mass is 16.2. The smallest absolute Gasteiger partial charge is 0.228 e. The Morgan fingerprint density at radius 2 is 1.81 bits per heavy atom. The summed E-state index contributed by atoms with van der Waals surface area (Å²) in [5.74, 6) is 1.73. The van der Waals surface area contributed by atoms with Crippen LogP contribution in [0.15, 0.2) is 0 Å². The average Bonchev–Trinajstić information content (AvgIpc) is 2.16. The van der Waals surface area contributed by atoms with Gasteiger partial charge in [-0.25, -0.2) is 0 Å². The van der Waals surface area contributed by atoms with E-state index in [2.05, 4.69) is 39.5 Å². The number of carbonyl (C=O) groups is 1. The van der Waals surface area contributed by atoms with Crippen molar-refractivity contribution < 1.29 is 4.79 Å². The van der Waals surface area contributed by atoms with Crippen LogP contribution in [0.1, 0.15) is 53.9 Å². The Morgan fingerprint density at radius 1 is 1.31 bits per heavy atom. The van der Waals surface area contributed by atoms with Crippen molar-refractivity contribution in [1.29, 1.82) is 0 Å². The van der Waals surface area contributed by atoms with Gasteiger partial charge in [0, 0.05) is 18.5 Å². The van der Waals surface area contributed by atoms with E-state index in [0.29, 0.717) is 11.8 Å². The van der Waals surface area contributed by atoms with Gasteiger partial charge in [0.2, 0.25) is 5.91 Å². The molecule has 0 radical (unpaired) electrons. The Kier molecular flexibility index (Phi) is 4.40. The topological polar surface area (TPSA) is 20.3 Å². The van der Waals surface area contributed by atoms with Crippen LogP contribution in [0.4, 0.5) is 0 Å². The van der Waals surface area contributed by atoms with E-state index >= 15 is 0 Å². The van der Waals surface area contributed by atoms with Gasteiger partial charge in [0.15, 0.2) is 0 Å². The summed E-state index contributed by atoms with van der Waals surface area (Å²) in [5, 5.41) is 0. The highest BCUT2D eigenvalue weighted by molar-refractivity contribution is 5.82. The monoisotopic (exact) mass is 225 g/mol.